The van der Waals surface area contributed by atoms with Gasteiger partial charge in [0.2, 0.25) is 0 Å². The third kappa shape index (κ3) is 2.60. The van der Waals surface area contributed by atoms with E-state index in [0.717, 1.165) is 10.1 Å². The standard InChI is InChI=1S/C10H10N4S/c11-7-1-3-9(13-5-7)15-10-4-2-8(12)6-14-10/h1-6H,11-12H2. The van der Waals surface area contributed by atoms with Crippen LogP contribution in [0.2, 0.25) is 0 Å². The molecule has 2 rings (SSSR count). The fourth-order valence-electron chi connectivity index (χ4n) is 1.01. The van der Waals surface area contributed by atoms with E-state index in [4.69, 9.17) is 11.5 Å². The molecule has 0 atom stereocenters. The average molecular weight is 218 g/mol. The Hall–Kier alpha value is -1.75. The van der Waals surface area contributed by atoms with Gasteiger partial charge in [-0.05, 0) is 24.3 Å². The van der Waals surface area contributed by atoms with E-state index in [1.165, 1.54) is 11.8 Å². The molecule has 0 aliphatic heterocycles. The molecular weight excluding hydrogens is 208 g/mol. The van der Waals surface area contributed by atoms with Crippen molar-refractivity contribution in [3.05, 3.63) is 36.7 Å². The Labute approximate surface area is 91.7 Å². The zero-order chi connectivity index (χ0) is 10.7. The zero-order valence-corrected chi connectivity index (χ0v) is 8.74. The van der Waals surface area contributed by atoms with Gasteiger partial charge in [-0.1, -0.05) is 11.8 Å². The van der Waals surface area contributed by atoms with Crippen LogP contribution in [0.3, 0.4) is 0 Å². The van der Waals surface area contributed by atoms with E-state index in [1.807, 2.05) is 24.3 Å². The molecule has 4 nitrogen and oxygen atoms in total. The van der Waals surface area contributed by atoms with Crippen LogP contribution in [0.1, 0.15) is 0 Å². The molecule has 0 amide bonds. The fourth-order valence-corrected chi connectivity index (χ4v) is 1.71. The fraction of sp³-hybridized carbons (Fsp3) is 0. The van der Waals surface area contributed by atoms with Crippen LogP contribution in [-0.2, 0) is 0 Å². The van der Waals surface area contributed by atoms with E-state index in [0.29, 0.717) is 11.4 Å². The molecule has 0 unspecified atom stereocenters. The van der Waals surface area contributed by atoms with E-state index in [2.05, 4.69) is 9.97 Å². The Bertz CT molecular complexity index is 394. The minimum Gasteiger partial charge on any atom is -0.397 e. The molecule has 5 heteroatoms. The van der Waals surface area contributed by atoms with Crippen molar-refractivity contribution in [3.63, 3.8) is 0 Å². The number of aromatic nitrogens is 2. The maximum atomic E-state index is 5.54. The number of nitrogen functional groups attached to an aromatic ring is 2. The molecule has 4 N–H and O–H groups in total. The van der Waals surface area contributed by atoms with Crippen molar-refractivity contribution >= 4 is 23.1 Å². The molecule has 76 valence electrons. The Morgan fingerprint density at radius 3 is 1.60 bits per heavy atom. The highest BCUT2D eigenvalue weighted by atomic mass is 32.2. The lowest BCUT2D eigenvalue weighted by Gasteiger charge is -2.00. The number of pyridine rings is 2. The largest absolute Gasteiger partial charge is 0.397 e. The summed E-state index contributed by atoms with van der Waals surface area (Å²) >= 11 is 1.47. The highest BCUT2D eigenvalue weighted by Crippen LogP contribution is 2.24. The van der Waals surface area contributed by atoms with Crippen LogP contribution in [0.5, 0.6) is 0 Å². The molecule has 0 fully saturated rings. The number of hydrogen-bond acceptors (Lipinski definition) is 5. The SMILES string of the molecule is Nc1ccc(Sc2ccc(N)cn2)nc1. The summed E-state index contributed by atoms with van der Waals surface area (Å²) in [6.07, 6.45) is 3.25. The Kier molecular flexibility index (Phi) is 2.73. The lowest BCUT2D eigenvalue weighted by Crippen LogP contribution is -1.88. The van der Waals surface area contributed by atoms with Gasteiger partial charge < -0.3 is 11.5 Å². The van der Waals surface area contributed by atoms with Gasteiger partial charge in [-0.25, -0.2) is 9.97 Å². The minimum atomic E-state index is 0.657. The summed E-state index contributed by atoms with van der Waals surface area (Å²) in [5.74, 6) is 0. The van der Waals surface area contributed by atoms with Gasteiger partial charge in [0.1, 0.15) is 10.1 Å². The number of rotatable bonds is 2. The topological polar surface area (TPSA) is 77.8 Å². The first-order valence-corrected chi connectivity index (χ1v) is 5.16. The molecule has 0 radical (unpaired) electrons. The van der Waals surface area contributed by atoms with Gasteiger partial charge in [-0.3, -0.25) is 0 Å². The van der Waals surface area contributed by atoms with Crippen LogP contribution in [-0.4, -0.2) is 9.97 Å². The van der Waals surface area contributed by atoms with Gasteiger partial charge in [-0.15, -0.1) is 0 Å². The molecule has 0 aliphatic rings. The Morgan fingerprint density at radius 1 is 0.800 bits per heavy atom. The van der Waals surface area contributed by atoms with Crippen LogP contribution in [0.15, 0.2) is 46.7 Å². The van der Waals surface area contributed by atoms with Crippen molar-refractivity contribution in [2.45, 2.75) is 10.1 Å². The highest BCUT2D eigenvalue weighted by Gasteiger charge is 1.99. The molecule has 2 aromatic heterocycles. The first kappa shape index (κ1) is 9.79. The molecule has 15 heavy (non-hydrogen) atoms. The number of anilines is 2. The van der Waals surface area contributed by atoms with E-state index < -0.39 is 0 Å². The van der Waals surface area contributed by atoms with Crippen LogP contribution >= 0.6 is 11.8 Å². The molecule has 0 spiro atoms. The van der Waals surface area contributed by atoms with Crippen molar-refractivity contribution in [2.24, 2.45) is 0 Å². The Morgan fingerprint density at radius 2 is 1.27 bits per heavy atom. The first-order chi connectivity index (χ1) is 7.24. The third-order valence-electron chi connectivity index (χ3n) is 1.73. The second-order valence-corrected chi connectivity index (χ2v) is 4.00. The van der Waals surface area contributed by atoms with Crippen molar-refractivity contribution < 1.29 is 0 Å². The van der Waals surface area contributed by atoms with Gasteiger partial charge in [0.25, 0.3) is 0 Å². The summed E-state index contributed by atoms with van der Waals surface area (Å²) in [6.45, 7) is 0. The van der Waals surface area contributed by atoms with Crippen LogP contribution in [0, 0.1) is 0 Å². The maximum Gasteiger partial charge on any atom is 0.102 e. The predicted molar refractivity (Wildman–Crippen MR) is 61.4 cm³/mol. The molecule has 0 aromatic carbocycles. The summed E-state index contributed by atoms with van der Waals surface area (Å²) < 4.78 is 0. The molecule has 0 aliphatic carbocycles. The van der Waals surface area contributed by atoms with Crippen LogP contribution in [0.25, 0.3) is 0 Å². The van der Waals surface area contributed by atoms with Crippen molar-refractivity contribution in [1.82, 2.24) is 9.97 Å². The molecule has 0 saturated carbocycles. The molecular formula is C10H10N4S. The summed E-state index contributed by atoms with van der Waals surface area (Å²) in [5, 5.41) is 1.72. The third-order valence-corrected chi connectivity index (χ3v) is 2.63. The number of hydrogen-bond donors (Lipinski definition) is 2. The quantitative estimate of drug-likeness (QED) is 0.803. The van der Waals surface area contributed by atoms with Crippen molar-refractivity contribution in [3.8, 4) is 0 Å². The maximum absolute atomic E-state index is 5.54. The summed E-state index contributed by atoms with van der Waals surface area (Å²) in [5.41, 5.74) is 12.4. The smallest absolute Gasteiger partial charge is 0.102 e. The second-order valence-electron chi connectivity index (χ2n) is 2.96. The van der Waals surface area contributed by atoms with Crippen LogP contribution in [0.4, 0.5) is 11.4 Å². The average Bonchev–Trinajstić information content (AvgIpc) is 2.25. The first-order valence-electron chi connectivity index (χ1n) is 4.35. The zero-order valence-electron chi connectivity index (χ0n) is 7.92. The lowest BCUT2D eigenvalue weighted by molar-refractivity contribution is 1.10. The number of nitrogens with two attached hydrogens (primary N) is 2. The summed E-state index contributed by atoms with van der Waals surface area (Å²) in [7, 11) is 0. The summed E-state index contributed by atoms with van der Waals surface area (Å²) in [4.78, 5) is 8.33. The lowest BCUT2D eigenvalue weighted by atomic mass is 10.4. The highest BCUT2D eigenvalue weighted by molar-refractivity contribution is 7.99. The van der Waals surface area contributed by atoms with E-state index in [1.54, 1.807) is 12.4 Å². The predicted octanol–water partition coefficient (Wildman–Crippen LogP) is 1.79. The normalized spacial score (nSPS) is 10.1. The van der Waals surface area contributed by atoms with E-state index in [9.17, 15) is 0 Å². The van der Waals surface area contributed by atoms with Crippen molar-refractivity contribution in [1.29, 1.82) is 0 Å². The van der Waals surface area contributed by atoms with E-state index in [-0.39, 0.29) is 0 Å². The summed E-state index contributed by atoms with van der Waals surface area (Å²) in [6, 6.07) is 7.34. The monoisotopic (exact) mass is 218 g/mol. The second kappa shape index (κ2) is 4.18. The van der Waals surface area contributed by atoms with E-state index >= 15 is 0 Å². The van der Waals surface area contributed by atoms with Crippen molar-refractivity contribution in [2.75, 3.05) is 11.5 Å². The molecule has 2 heterocycles. The minimum absolute atomic E-state index is 0.657. The van der Waals surface area contributed by atoms with Gasteiger partial charge in [-0.2, -0.15) is 0 Å². The molecule has 2 aromatic rings. The van der Waals surface area contributed by atoms with Gasteiger partial charge in [0, 0.05) is 0 Å². The Balaban J connectivity index is 2.15. The molecule has 0 bridgehead atoms. The molecule has 0 saturated heterocycles. The van der Waals surface area contributed by atoms with Gasteiger partial charge >= 0.3 is 0 Å². The van der Waals surface area contributed by atoms with Gasteiger partial charge in [0.15, 0.2) is 0 Å². The number of nitrogens with zero attached hydrogens (tertiary/aromatic N) is 2. The van der Waals surface area contributed by atoms with Crippen LogP contribution < -0.4 is 11.5 Å². The van der Waals surface area contributed by atoms with Gasteiger partial charge in [0.05, 0.1) is 23.8 Å².